The molecular formula is C14H22N2O2S. The number of likely N-dealkylation sites (tertiary alicyclic amines) is 1. The number of benzene rings is 1. The molecule has 1 heterocycles. The van der Waals surface area contributed by atoms with Gasteiger partial charge in [-0.3, -0.25) is 0 Å². The van der Waals surface area contributed by atoms with Crippen LogP contribution in [0.4, 0.5) is 0 Å². The molecule has 1 fully saturated rings. The molecule has 4 nitrogen and oxygen atoms in total. The molecule has 0 aromatic heterocycles. The van der Waals surface area contributed by atoms with Crippen molar-refractivity contribution in [2.24, 2.45) is 5.14 Å². The Morgan fingerprint density at radius 3 is 2.89 bits per heavy atom. The summed E-state index contributed by atoms with van der Waals surface area (Å²) in [4.78, 5) is 2.68. The molecule has 2 N–H and O–H groups in total. The van der Waals surface area contributed by atoms with E-state index in [1.54, 1.807) is 18.2 Å². The second-order valence-electron chi connectivity index (χ2n) is 5.26. The molecule has 106 valence electrons. The van der Waals surface area contributed by atoms with Crippen LogP contribution in [0.25, 0.3) is 0 Å². The van der Waals surface area contributed by atoms with Crippen molar-refractivity contribution >= 4 is 10.0 Å². The van der Waals surface area contributed by atoms with E-state index in [0.717, 1.165) is 38.0 Å². The first-order valence-corrected chi connectivity index (χ1v) is 8.40. The molecule has 0 aliphatic carbocycles. The van der Waals surface area contributed by atoms with Crippen molar-refractivity contribution in [1.29, 1.82) is 0 Å². The van der Waals surface area contributed by atoms with Gasteiger partial charge in [-0.15, -0.1) is 0 Å². The number of hydrogen-bond donors (Lipinski definition) is 1. The number of sulfonamides is 1. The fourth-order valence-corrected chi connectivity index (χ4v) is 3.36. The Bertz CT molecular complexity index is 526. The van der Waals surface area contributed by atoms with E-state index in [1.165, 1.54) is 6.42 Å². The molecule has 1 aliphatic rings. The SMILES string of the molecule is CCCN1CCCC(c2cccc(S(N)(=O)=O)c2)C1. The lowest BCUT2D eigenvalue weighted by Crippen LogP contribution is -2.34. The van der Waals surface area contributed by atoms with Crippen molar-refractivity contribution in [3.63, 3.8) is 0 Å². The predicted octanol–water partition coefficient (Wildman–Crippen LogP) is 1.92. The number of nitrogens with zero attached hydrogens (tertiary/aromatic N) is 1. The first kappa shape index (κ1) is 14.5. The first-order chi connectivity index (χ1) is 9.00. The van der Waals surface area contributed by atoms with E-state index in [0.29, 0.717) is 5.92 Å². The maximum absolute atomic E-state index is 11.4. The zero-order valence-electron chi connectivity index (χ0n) is 11.4. The third-order valence-corrected chi connectivity index (χ3v) is 4.61. The van der Waals surface area contributed by atoms with Crippen molar-refractivity contribution < 1.29 is 8.42 Å². The average molecular weight is 282 g/mol. The van der Waals surface area contributed by atoms with E-state index in [2.05, 4.69) is 11.8 Å². The lowest BCUT2D eigenvalue weighted by molar-refractivity contribution is 0.208. The van der Waals surface area contributed by atoms with Crippen LogP contribution in [0.1, 0.15) is 37.7 Å². The van der Waals surface area contributed by atoms with Crippen LogP contribution in [0.15, 0.2) is 29.2 Å². The van der Waals surface area contributed by atoms with Crippen molar-refractivity contribution in [1.82, 2.24) is 4.90 Å². The molecule has 0 radical (unpaired) electrons. The third-order valence-electron chi connectivity index (χ3n) is 3.70. The van der Waals surface area contributed by atoms with E-state index >= 15 is 0 Å². The van der Waals surface area contributed by atoms with Gasteiger partial charge in [0, 0.05) is 6.54 Å². The number of rotatable bonds is 4. The molecule has 5 heteroatoms. The van der Waals surface area contributed by atoms with Gasteiger partial charge in [-0.1, -0.05) is 19.1 Å². The number of piperidine rings is 1. The predicted molar refractivity (Wildman–Crippen MR) is 76.5 cm³/mol. The van der Waals surface area contributed by atoms with Crippen LogP contribution >= 0.6 is 0 Å². The number of nitrogens with two attached hydrogens (primary N) is 1. The molecule has 1 aromatic rings. The molecule has 19 heavy (non-hydrogen) atoms. The quantitative estimate of drug-likeness (QED) is 0.917. The van der Waals surface area contributed by atoms with Gasteiger partial charge in [-0.2, -0.15) is 0 Å². The smallest absolute Gasteiger partial charge is 0.238 e. The van der Waals surface area contributed by atoms with Crippen LogP contribution in [-0.4, -0.2) is 33.0 Å². The Balaban J connectivity index is 2.17. The van der Waals surface area contributed by atoms with Gasteiger partial charge < -0.3 is 4.90 Å². The van der Waals surface area contributed by atoms with Crippen molar-refractivity contribution in [2.45, 2.75) is 37.0 Å². The standard InChI is InChI=1S/C14H22N2O2S/c1-2-8-16-9-4-6-13(11-16)12-5-3-7-14(10-12)19(15,17)18/h3,5,7,10,13H,2,4,6,8-9,11H2,1H3,(H2,15,17,18). The topological polar surface area (TPSA) is 63.4 Å². The van der Waals surface area contributed by atoms with Gasteiger partial charge in [0.15, 0.2) is 0 Å². The summed E-state index contributed by atoms with van der Waals surface area (Å²) in [6, 6.07) is 7.09. The highest BCUT2D eigenvalue weighted by Gasteiger charge is 2.21. The highest BCUT2D eigenvalue weighted by Crippen LogP contribution is 2.28. The Labute approximate surface area is 115 Å². The zero-order valence-corrected chi connectivity index (χ0v) is 12.2. The lowest BCUT2D eigenvalue weighted by atomic mass is 9.90. The average Bonchev–Trinajstić information content (AvgIpc) is 2.39. The minimum absolute atomic E-state index is 0.220. The molecule has 1 saturated heterocycles. The van der Waals surface area contributed by atoms with Gasteiger partial charge in [-0.05, 0) is 56.0 Å². The van der Waals surface area contributed by atoms with Crippen LogP contribution in [0.3, 0.4) is 0 Å². The van der Waals surface area contributed by atoms with Crippen LogP contribution < -0.4 is 5.14 Å². The van der Waals surface area contributed by atoms with Crippen molar-refractivity contribution in [2.75, 3.05) is 19.6 Å². The molecule has 1 aromatic carbocycles. The van der Waals surface area contributed by atoms with E-state index < -0.39 is 10.0 Å². The summed E-state index contributed by atoms with van der Waals surface area (Å²) < 4.78 is 22.8. The summed E-state index contributed by atoms with van der Waals surface area (Å²) >= 11 is 0. The van der Waals surface area contributed by atoms with E-state index in [9.17, 15) is 8.42 Å². The third kappa shape index (κ3) is 3.78. The van der Waals surface area contributed by atoms with Crippen LogP contribution in [-0.2, 0) is 10.0 Å². The molecule has 1 unspecified atom stereocenters. The summed E-state index contributed by atoms with van der Waals surface area (Å²) in [5.74, 6) is 0.419. The monoisotopic (exact) mass is 282 g/mol. The first-order valence-electron chi connectivity index (χ1n) is 6.86. The highest BCUT2D eigenvalue weighted by atomic mass is 32.2. The minimum Gasteiger partial charge on any atom is -0.303 e. The highest BCUT2D eigenvalue weighted by molar-refractivity contribution is 7.89. The van der Waals surface area contributed by atoms with E-state index in [1.807, 2.05) is 6.07 Å². The zero-order chi connectivity index (χ0) is 13.9. The van der Waals surface area contributed by atoms with Crippen LogP contribution in [0.2, 0.25) is 0 Å². The number of hydrogen-bond acceptors (Lipinski definition) is 3. The Hall–Kier alpha value is -0.910. The van der Waals surface area contributed by atoms with Gasteiger partial charge >= 0.3 is 0 Å². The molecule has 0 spiro atoms. The Morgan fingerprint density at radius 2 is 2.21 bits per heavy atom. The van der Waals surface area contributed by atoms with Gasteiger partial charge in [0.25, 0.3) is 0 Å². The largest absolute Gasteiger partial charge is 0.303 e. The van der Waals surface area contributed by atoms with Gasteiger partial charge in [0.05, 0.1) is 4.90 Å². The minimum atomic E-state index is -3.60. The second-order valence-corrected chi connectivity index (χ2v) is 6.82. The second kappa shape index (κ2) is 6.03. The van der Waals surface area contributed by atoms with Crippen molar-refractivity contribution in [3.8, 4) is 0 Å². The molecule has 0 amide bonds. The van der Waals surface area contributed by atoms with Crippen molar-refractivity contribution in [3.05, 3.63) is 29.8 Å². The van der Waals surface area contributed by atoms with E-state index in [-0.39, 0.29) is 4.90 Å². The van der Waals surface area contributed by atoms with Crippen LogP contribution in [0, 0.1) is 0 Å². The van der Waals surface area contributed by atoms with Crippen LogP contribution in [0.5, 0.6) is 0 Å². The molecule has 0 bridgehead atoms. The fourth-order valence-electron chi connectivity index (χ4n) is 2.79. The summed E-state index contributed by atoms with van der Waals surface area (Å²) in [5.41, 5.74) is 1.09. The van der Waals surface area contributed by atoms with Gasteiger partial charge in [0.1, 0.15) is 0 Å². The summed E-state index contributed by atoms with van der Waals surface area (Å²) in [6.07, 6.45) is 3.45. The summed E-state index contributed by atoms with van der Waals surface area (Å²) in [5, 5.41) is 5.19. The van der Waals surface area contributed by atoms with Gasteiger partial charge in [0.2, 0.25) is 10.0 Å². The molecule has 1 aliphatic heterocycles. The summed E-state index contributed by atoms with van der Waals surface area (Å²) in [6.45, 7) is 5.47. The Kier molecular flexibility index (Phi) is 4.60. The lowest BCUT2D eigenvalue weighted by Gasteiger charge is -2.32. The molecule has 0 saturated carbocycles. The Morgan fingerprint density at radius 1 is 1.42 bits per heavy atom. The summed E-state index contributed by atoms with van der Waals surface area (Å²) in [7, 11) is -3.60. The number of primary sulfonamides is 1. The molecular weight excluding hydrogens is 260 g/mol. The molecule has 1 atom stereocenters. The maximum Gasteiger partial charge on any atom is 0.238 e. The van der Waals surface area contributed by atoms with E-state index in [4.69, 9.17) is 5.14 Å². The molecule has 2 rings (SSSR count). The van der Waals surface area contributed by atoms with Gasteiger partial charge in [-0.25, -0.2) is 13.6 Å². The fraction of sp³-hybridized carbons (Fsp3) is 0.571. The normalized spacial score (nSPS) is 21.5. The maximum atomic E-state index is 11.4.